The lowest BCUT2D eigenvalue weighted by atomic mass is 9.32. The lowest BCUT2D eigenvalue weighted by Gasteiger charge is -2.72. The Kier molecular flexibility index (Phi) is 10.5. The minimum absolute atomic E-state index is 0.00724. The van der Waals surface area contributed by atoms with Crippen LogP contribution >= 0.6 is 0 Å². The molecule has 5 aliphatic carbocycles. The normalized spacial score (nSPS) is 40.2. The molecule has 6 fully saturated rings. The maximum atomic E-state index is 14.6. The van der Waals surface area contributed by atoms with Gasteiger partial charge in [0.05, 0.1) is 34.2 Å². The fraction of sp³-hybridized carbons (Fsp3) is 0.804. The van der Waals surface area contributed by atoms with Crippen LogP contribution in [0.4, 0.5) is 0 Å². The number of carbonyl (C=O) groups excluding carboxylic acids is 3. The van der Waals surface area contributed by atoms with Gasteiger partial charge >= 0.3 is 11.9 Å². The number of amides is 1. The summed E-state index contributed by atoms with van der Waals surface area (Å²) in [7, 11) is 1.72. The second-order valence-electron chi connectivity index (χ2n) is 20.5. The van der Waals surface area contributed by atoms with Crippen molar-refractivity contribution in [3.05, 3.63) is 34.9 Å². The maximum Gasteiger partial charge on any atom is 0.325 e. The summed E-state index contributed by atoms with van der Waals surface area (Å²) >= 11 is 0. The third-order valence-corrected chi connectivity index (χ3v) is 17.7. The van der Waals surface area contributed by atoms with Crippen LogP contribution in [-0.4, -0.2) is 65.0 Å². The molecule has 1 aliphatic heterocycles. The van der Waals surface area contributed by atoms with Crippen LogP contribution in [0.3, 0.4) is 0 Å². The first-order chi connectivity index (χ1) is 25.8. The Bertz CT molecular complexity index is 1720. The molecule has 2 heterocycles. The van der Waals surface area contributed by atoms with Crippen LogP contribution in [-0.2, 0) is 30.5 Å². The molecule has 9 nitrogen and oxygen atoms in total. The number of ether oxygens (including phenoxy) is 2. The Labute approximate surface area is 330 Å². The summed E-state index contributed by atoms with van der Waals surface area (Å²) in [5.41, 5.74) is 4.25. The molecule has 5 saturated carbocycles. The van der Waals surface area contributed by atoms with Crippen LogP contribution in [0.1, 0.15) is 141 Å². The van der Waals surface area contributed by atoms with Crippen LogP contribution in [0.15, 0.2) is 12.2 Å². The van der Waals surface area contributed by atoms with Gasteiger partial charge in [0, 0.05) is 12.5 Å². The third kappa shape index (κ3) is 6.30. The molecular weight excluding hydrogens is 689 g/mol. The number of likely N-dealkylation sites (N-methyl/N-ethyl adjacent to an activating group) is 1. The standard InChI is InChI=1S/C46H70N4O5/c1-27(2)31-16-21-46(41(53)54-26-34-30(5)48-28(3)29(4)49-34)23-22-44(9)32(39(31)46)14-15-36-43(8)19-18-37(42(6,7)35(43)17-20-45(36,44)10)55-38(51)25-50(11)40(52)33-13-12-24-47-33/h31-33,35-37,39,47H,1,12-26H2,2-11H3/t31-,32+,33-,35-,36+,37-,39+,43-,44+,45+,46-/m0/s1. The van der Waals surface area contributed by atoms with Gasteiger partial charge in [0.15, 0.2) is 0 Å². The smallest absolute Gasteiger partial charge is 0.325 e. The van der Waals surface area contributed by atoms with Crippen LogP contribution in [0.5, 0.6) is 0 Å². The van der Waals surface area contributed by atoms with Crippen molar-refractivity contribution in [3.8, 4) is 0 Å². The van der Waals surface area contributed by atoms with E-state index in [1.165, 1.54) is 10.5 Å². The summed E-state index contributed by atoms with van der Waals surface area (Å²) in [5, 5.41) is 3.25. The molecule has 7 rings (SSSR count). The number of nitrogens with zero attached hydrogens (tertiary/aromatic N) is 3. The average molecular weight is 759 g/mol. The third-order valence-electron chi connectivity index (χ3n) is 17.7. The van der Waals surface area contributed by atoms with E-state index in [-0.39, 0.29) is 70.7 Å². The molecule has 0 aromatic carbocycles. The second-order valence-corrected chi connectivity index (χ2v) is 20.5. The largest absolute Gasteiger partial charge is 0.460 e. The van der Waals surface area contributed by atoms with E-state index in [2.05, 4.69) is 58.4 Å². The Morgan fingerprint density at radius 1 is 0.836 bits per heavy atom. The minimum atomic E-state index is -0.491. The van der Waals surface area contributed by atoms with E-state index < -0.39 is 5.41 Å². The summed E-state index contributed by atoms with van der Waals surface area (Å²) in [6, 6.07) is -0.194. The van der Waals surface area contributed by atoms with Gasteiger partial charge in [-0.05, 0) is 157 Å². The first-order valence-corrected chi connectivity index (χ1v) is 21.6. The minimum Gasteiger partial charge on any atom is -0.460 e. The lowest BCUT2D eigenvalue weighted by Crippen LogP contribution is -2.67. The van der Waals surface area contributed by atoms with Crippen molar-refractivity contribution in [1.82, 2.24) is 20.2 Å². The van der Waals surface area contributed by atoms with E-state index in [4.69, 9.17) is 14.5 Å². The number of fused-ring (bicyclic) bond motifs is 7. The number of rotatable bonds is 8. The average Bonchev–Trinajstić information content (AvgIpc) is 3.80. The zero-order chi connectivity index (χ0) is 39.9. The lowest BCUT2D eigenvalue weighted by molar-refractivity contribution is -0.251. The van der Waals surface area contributed by atoms with Crippen LogP contribution in [0.25, 0.3) is 0 Å². The molecule has 1 aromatic heterocycles. The van der Waals surface area contributed by atoms with Gasteiger partial charge in [-0.15, -0.1) is 0 Å². The van der Waals surface area contributed by atoms with Crippen molar-refractivity contribution in [1.29, 1.82) is 0 Å². The van der Waals surface area contributed by atoms with Crippen molar-refractivity contribution in [2.75, 3.05) is 20.1 Å². The maximum absolute atomic E-state index is 14.6. The van der Waals surface area contributed by atoms with Crippen molar-refractivity contribution in [3.63, 3.8) is 0 Å². The Morgan fingerprint density at radius 2 is 1.56 bits per heavy atom. The quantitative estimate of drug-likeness (QED) is 0.209. The van der Waals surface area contributed by atoms with E-state index >= 15 is 0 Å². The number of esters is 2. The van der Waals surface area contributed by atoms with Gasteiger partial charge < -0.3 is 19.7 Å². The molecule has 0 radical (unpaired) electrons. The van der Waals surface area contributed by atoms with Crippen molar-refractivity contribution in [2.24, 2.45) is 56.7 Å². The molecule has 1 N–H and O–H groups in total. The highest BCUT2D eigenvalue weighted by Crippen LogP contribution is 2.77. The number of hydrogen-bond donors (Lipinski definition) is 1. The van der Waals surface area contributed by atoms with E-state index in [0.717, 1.165) is 106 Å². The Balaban J connectivity index is 1.09. The van der Waals surface area contributed by atoms with Gasteiger partial charge in [-0.3, -0.25) is 24.4 Å². The topological polar surface area (TPSA) is 111 Å². The number of allylic oxidation sites excluding steroid dienone is 1. The highest BCUT2D eigenvalue weighted by atomic mass is 16.5. The molecule has 1 aromatic rings. The fourth-order valence-electron chi connectivity index (χ4n) is 14.5. The van der Waals surface area contributed by atoms with Gasteiger partial charge in [0.1, 0.15) is 19.3 Å². The predicted molar refractivity (Wildman–Crippen MR) is 214 cm³/mol. The molecule has 304 valence electrons. The van der Waals surface area contributed by atoms with E-state index in [1.807, 2.05) is 20.8 Å². The highest BCUT2D eigenvalue weighted by Gasteiger charge is 2.72. The molecule has 0 spiro atoms. The van der Waals surface area contributed by atoms with Gasteiger partial charge in [0.25, 0.3) is 0 Å². The summed E-state index contributed by atoms with van der Waals surface area (Å²) < 4.78 is 12.6. The van der Waals surface area contributed by atoms with Crippen LogP contribution < -0.4 is 5.32 Å². The van der Waals surface area contributed by atoms with Crippen LogP contribution in [0, 0.1) is 77.4 Å². The first-order valence-electron chi connectivity index (χ1n) is 21.6. The number of hydrogen-bond acceptors (Lipinski definition) is 8. The molecular formula is C46H70N4O5. The SMILES string of the molecule is C=C(C)[C@@H]1CC[C@]2(C(=O)OCc3nc(C)c(C)nc3C)CC[C@]3(C)[C@H](CC[C@@H]4[C@@]5(C)CC[C@H](OC(=O)CN(C)C(=O)[C@@H]6CCCN6)C(C)(C)[C@@H]5CC[C@]43C)[C@@H]12. The first kappa shape index (κ1) is 40.4. The van der Waals surface area contributed by atoms with Crippen molar-refractivity contribution >= 4 is 17.8 Å². The summed E-state index contributed by atoms with van der Waals surface area (Å²) in [5.74, 6) is 1.59. The molecule has 11 atom stereocenters. The summed E-state index contributed by atoms with van der Waals surface area (Å²) in [6.07, 6.45) is 11.8. The van der Waals surface area contributed by atoms with Crippen molar-refractivity contribution in [2.45, 2.75) is 158 Å². The van der Waals surface area contributed by atoms with Crippen LogP contribution in [0.2, 0.25) is 0 Å². The van der Waals surface area contributed by atoms with E-state index in [1.54, 1.807) is 7.05 Å². The number of aromatic nitrogens is 2. The summed E-state index contributed by atoms with van der Waals surface area (Å²) in [6.45, 7) is 26.1. The Morgan fingerprint density at radius 3 is 2.25 bits per heavy atom. The molecule has 0 unspecified atom stereocenters. The molecule has 1 saturated heterocycles. The highest BCUT2D eigenvalue weighted by molar-refractivity contribution is 5.85. The number of nitrogens with one attached hydrogen (secondary N) is 1. The number of aryl methyl sites for hydroxylation is 3. The second kappa shape index (κ2) is 14.2. The zero-order valence-corrected chi connectivity index (χ0v) is 35.7. The van der Waals surface area contributed by atoms with Gasteiger partial charge in [-0.1, -0.05) is 46.8 Å². The molecule has 9 heteroatoms. The molecule has 0 bridgehead atoms. The van der Waals surface area contributed by atoms with Gasteiger partial charge in [0.2, 0.25) is 5.91 Å². The van der Waals surface area contributed by atoms with Crippen molar-refractivity contribution < 1.29 is 23.9 Å². The molecule has 55 heavy (non-hydrogen) atoms. The zero-order valence-electron chi connectivity index (χ0n) is 35.7. The predicted octanol–water partition coefficient (Wildman–Crippen LogP) is 8.22. The fourth-order valence-corrected chi connectivity index (χ4v) is 14.5. The van der Waals surface area contributed by atoms with Gasteiger partial charge in [-0.2, -0.15) is 0 Å². The molecule has 6 aliphatic rings. The van der Waals surface area contributed by atoms with E-state index in [0.29, 0.717) is 23.7 Å². The molecule has 1 amide bonds. The Hall–Kier alpha value is -2.81. The summed E-state index contributed by atoms with van der Waals surface area (Å²) in [4.78, 5) is 51.8. The van der Waals surface area contributed by atoms with Gasteiger partial charge in [-0.25, -0.2) is 0 Å². The monoisotopic (exact) mass is 759 g/mol. The number of carbonyl (C=O) groups is 3. The van der Waals surface area contributed by atoms with E-state index in [9.17, 15) is 14.4 Å².